The molecule has 0 atom stereocenters. The molecule has 0 N–H and O–H groups in total. The number of carbonyl (C=O) groups excluding carboxylic acids is 1. The summed E-state index contributed by atoms with van der Waals surface area (Å²) in [6.07, 6.45) is 5.26. The standard InChI is InChI=1S/C17H15N3O4S/c1-11-19-15(20-24-11)10-23-13-6-3-12(4-7-13)5-8-16-18-9-14(25-16)17(21)22-2/h3-9H,10H2,1-2H3/b8-5+. The van der Waals surface area contributed by atoms with Crippen molar-refractivity contribution in [2.24, 2.45) is 0 Å². The maximum Gasteiger partial charge on any atom is 0.349 e. The van der Waals surface area contributed by atoms with Crippen LogP contribution in [0.15, 0.2) is 35.0 Å². The molecule has 7 nitrogen and oxygen atoms in total. The van der Waals surface area contributed by atoms with Crippen LogP contribution in [-0.4, -0.2) is 28.2 Å². The lowest BCUT2D eigenvalue weighted by Crippen LogP contribution is -1.97. The predicted molar refractivity (Wildman–Crippen MR) is 92.2 cm³/mol. The van der Waals surface area contributed by atoms with Gasteiger partial charge in [-0.3, -0.25) is 0 Å². The van der Waals surface area contributed by atoms with Gasteiger partial charge in [-0.05, 0) is 23.8 Å². The molecule has 0 aliphatic rings. The number of nitrogens with zero attached hydrogens (tertiary/aromatic N) is 3. The maximum atomic E-state index is 11.4. The van der Waals surface area contributed by atoms with E-state index in [1.807, 2.05) is 36.4 Å². The Bertz CT molecular complexity index is 883. The highest BCUT2D eigenvalue weighted by molar-refractivity contribution is 7.14. The Labute approximate surface area is 147 Å². The molecule has 1 aromatic carbocycles. The molecule has 0 unspecified atom stereocenters. The van der Waals surface area contributed by atoms with Gasteiger partial charge in [0.15, 0.2) is 6.61 Å². The smallest absolute Gasteiger partial charge is 0.349 e. The van der Waals surface area contributed by atoms with Crippen molar-refractivity contribution < 1.29 is 18.8 Å². The predicted octanol–water partition coefficient (Wildman–Crippen LogP) is 3.37. The monoisotopic (exact) mass is 357 g/mol. The molecular formula is C17H15N3O4S. The van der Waals surface area contributed by atoms with Crippen molar-refractivity contribution in [3.05, 3.63) is 57.6 Å². The summed E-state index contributed by atoms with van der Waals surface area (Å²) in [7, 11) is 1.35. The lowest BCUT2D eigenvalue weighted by Gasteiger charge is -2.03. The molecule has 0 saturated carbocycles. The lowest BCUT2D eigenvalue weighted by molar-refractivity contribution is 0.0606. The summed E-state index contributed by atoms with van der Waals surface area (Å²) in [6.45, 7) is 1.98. The van der Waals surface area contributed by atoms with Crippen molar-refractivity contribution in [2.45, 2.75) is 13.5 Å². The van der Waals surface area contributed by atoms with Crippen LogP contribution < -0.4 is 4.74 Å². The molecule has 0 aliphatic heterocycles. The average molecular weight is 357 g/mol. The van der Waals surface area contributed by atoms with Crippen LogP contribution in [0.3, 0.4) is 0 Å². The summed E-state index contributed by atoms with van der Waals surface area (Å²) in [4.78, 5) is 20.1. The molecular weight excluding hydrogens is 342 g/mol. The van der Waals surface area contributed by atoms with Gasteiger partial charge in [-0.15, -0.1) is 11.3 Å². The molecule has 3 aromatic rings. The summed E-state index contributed by atoms with van der Waals surface area (Å²) in [6, 6.07) is 7.55. The van der Waals surface area contributed by atoms with Gasteiger partial charge in [0.2, 0.25) is 11.7 Å². The molecule has 3 rings (SSSR count). The highest BCUT2D eigenvalue weighted by Crippen LogP contribution is 2.18. The Morgan fingerprint density at radius 2 is 2.08 bits per heavy atom. The van der Waals surface area contributed by atoms with Crippen LogP contribution in [0.1, 0.15) is 32.0 Å². The quantitative estimate of drug-likeness (QED) is 0.625. The molecule has 0 fully saturated rings. The van der Waals surface area contributed by atoms with E-state index in [0.717, 1.165) is 10.6 Å². The van der Waals surface area contributed by atoms with Crippen LogP contribution in [0.2, 0.25) is 0 Å². The zero-order valence-electron chi connectivity index (χ0n) is 13.6. The van der Waals surface area contributed by atoms with Crippen molar-refractivity contribution in [1.82, 2.24) is 15.1 Å². The van der Waals surface area contributed by atoms with Gasteiger partial charge in [0, 0.05) is 6.92 Å². The molecule has 0 amide bonds. The van der Waals surface area contributed by atoms with Gasteiger partial charge in [-0.1, -0.05) is 23.4 Å². The Hall–Kier alpha value is -3.00. The first-order valence-electron chi connectivity index (χ1n) is 7.38. The summed E-state index contributed by atoms with van der Waals surface area (Å²) in [5.41, 5.74) is 0.984. The number of rotatable bonds is 6. The Kier molecular flexibility index (Phi) is 5.20. The van der Waals surface area contributed by atoms with E-state index in [2.05, 4.69) is 19.9 Å². The first-order valence-corrected chi connectivity index (χ1v) is 8.20. The Balaban J connectivity index is 1.58. The van der Waals surface area contributed by atoms with Gasteiger partial charge >= 0.3 is 5.97 Å². The van der Waals surface area contributed by atoms with E-state index in [-0.39, 0.29) is 12.6 Å². The molecule has 0 saturated heterocycles. The topological polar surface area (TPSA) is 87.3 Å². The van der Waals surface area contributed by atoms with Crippen molar-refractivity contribution >= 4 is 29.5 Å². The van der Waals surface area contributed by atoms with E-state index >= 15 is 0 Å². The van der Waals surface area contributed by atoms with E-state index in [1.165, 1.54) is 24.6 Å². The molecule has 0 bridgehead atoms. The summed E-state index contributed by atoms with van der Waals surface area (Å²) < 4.78 is 15.1. The summed E-state index contributed by atoms with van der Waals surface area (Å²) in [5.74, 6) is 1.35. The number of hydrogen-bond acceptors (Lipinski definition) is 8. The average Bonchev–Trinajstić information content (AvgIpc) is 3.27. The van der Waals surface area contributed by atoms with Crippen molar-refractivity contribution in [3.8, 4) is 5.75 Å². The number of benzene rings is 1. The largest absolute Gasteiger partial charge is 0.485 e. The van der Waals surface area contributed by atoms with Crippen molar-refractivity contribution in [1.29, 1.82) is 0 Å². The zero-order valence-corrected chi connectivity index (χ0v) is 14.4. The number of esters is 1. The molecule has 25 heavy (non-hydrogen) atoms. The third-order valence-electron chi connectivity index (χ3n) is 3.15. The molecule has 0 spiro atoms. The molecule has 2 heterocycles. The molecule has 0 radical (unpaired) electrons. The number of hydrogen-bond donors (Lipinski definition) is 0. The Morgan fingerprint density at radius 3 is 2.76 bits per heavy atom. The van der Waals surface area contributed by atoms with Crippen molar-refractivity contribution in [2.75, 3.05) is 7.11 Å². The summed E-state index contributed by atoms with van der Waals surface area (Å²) in [5, 5.41) is 4.50. The number of carbonyl (C=O) groups is 1. The fourth-order valence-corrected chi connectivity index (χ4v) is 2.69. The third kappa shape index (κ3) is 4.51. The second kappa shape index (κ2) is 7.71. The lowest BCUT2D eigenvalue weighted by atomic mass is 10.2. The van der Waals surface area contributed by atoms with Crippen LogP contribution in [0.5, 0.6) is 5.75 Å². The molecule has 128 valence electrons. The number of aromatic nitrogens is 3. The van der Waals surface area contributed by atoms with Crippen LogP contribution in [0, 0.1) is 6.92 Å². The van der Waals surface area contributed by atoms with Gasteiger partial charge in [-0.25, -0.2) is 9.78 Å². The van der Waals surface area contributed by atoms with Crippen LogP contribution in [0.4, 0.5) is 0 Å². The van der Waals surface area contributed by atoms with E-state index in [4.69, 9.17) is 9.26 Å². The van der Waals surface area contributed by atoms with Gasteiger partial charge < -0.3 is 14.0 Å². The second-order valence-electron chi connectivity index (χ2n) is 4.97. The van der Waals surface area contributed by atoms with Gasteiger partial charge in [0.1, 0.15) is 15.6 Å². The molecule has 8 heteroatoms. The highest BCUT2D eigenvalue weighted by atomic mass is 32.1. The Morgan fingerprint density at radius 1 is 1.28 bits per heavy atom. The maximum absolute atomic E-state index is 11.4. The number of methoxy groups -OCH3 is 1. The second-order valence-corrected chi connectivity index (χ2v) is 6.04. The first kappa shape index (κ1) is 16.8. The number of thiazole rings is 1. The van der Waals surface area contributed by atoms with Gasteiger partial charge in [0.05, 0.1) is 13.3 Å². The van der Waals surface area contributed by atoms with Crippen LogP contribution in [0.25, 0.3) is 12.2 Å². The molecule has 0 aliphatic carbocycles. The van der Waals surface area contributed by atoms with Gasteiger partial charge in [0.25, 0.3) is 0 Å². The number of ether oxygens (including phenoxy) is 2. The minimum atomic E-state index is -0.379. The van der Waals surface area contributed by atoms with Gasteiger partial charge in [-0.2, -0.15) is 4.98 Å². The van der Waals surface area contributed by atoms with E-state index < -0.39 is 0 Å². The first-order chi connectivity index (χ1) is 12.1. The highest BCUT2D eigenvalue weighted by Gasteiger charge is 2.08. The SMILES string of the molecule is COC(=O)c1cnc(/C=C/c2ccc(OCc3noc(C)n3)cc2)s1. The summed E-state index contributed by atoms with van der Waals surface area (Å²) >= 11 is 1.28. The fraction of sp³-hybridized carbons (Fsp3) is 0.176. The van der Waals surface area contributed by atoms with E-state index in [9.17, 15) is 4.79 Å². The number of aryl methyl sites for hydroxylation is 1. The minimum absolute atomic E-state index is 0.252. The van der Waals surface area contributed by atoms with E-state index in [0.29, 0.717) is 22.3 Å². The normalized spacial score (nSPS) is 11.0. The van der Waals surface area contributed by atoms with Crippen LogP contribution in [-0.2, 0) is 11.3 Å². The van der Waals surface area contributed by atoms with Crippen LogP contribution >= 0.6 is 11.3 Å². The van der Waals surface area contributed by atoms with E-state index in [1.54, 1.807) is 6.92 Å². The molecule has 2 aromatic heterocycles. The van der Waals surface area contributed by atoms with Crippen molar-refractivity contribution in [3.63, 3.8) is 0 Å². The minimum Gasteiger partial charge on any atom is -0.485 e. The zero-order chi connectivity index (χ0) is 17.6. The third-order valence-corrected chi connectivity index (χ3v) is 4.09. The fourth-order valence-electron chi connectivity index (χ4n) is 1.95.